The number of sulfonamides is 1. The monoisotopic (exact) mass is 390 g/mol. The minimum absolute atomic E-state index is 0.175. The van der Waals surface area contributed by atoms with Crippen molar-refractivity contribution < 1.29 is 17.6 Å². The summed E-state index contributed by atoms with van der Waals surface area (Å²) in [4.78, 5) is 12.6. The molecule has 0 aromatic heterocycles. The molecule has 2 aromatic rings. The maximum atomic E-state index is 13.8. The van der Waals surface area contributed by atoms with Crippen LogP contribution in [0.4, 0.5) is 10.1 Å². The molecule has 1 N–H and O–H groups in total. The standard InChI is InChI=1S/C20H23FN2O3S/c1-14(13-15-7-3-5-9-17(15)21)20(24)22-18-11-12-23(27(2,25)26)19-10-6-4-8-16(18)19/h3-10,14,18H,11-13H2,1-2H3,(H,22,24). The highest BCUT2D eigenvalue weighted by Gasteiger charge is 2.31. The van der Waals surface area contributed by atoms with Crippen molar-refractivity contribution >= 4 is 21.6 Å². The van der Waals surface area contributed by atoms with E-state index in [1.54, 1.807) is 37.3 Å². The molecular formula is C20H23FN2O3S. The van der Waals surface area contributed by atoms with Gasteiger partial charge in [0.15, 0.2) is 0 Å². The Balaban J connectivity index is 1.75. The summed E-state index contributed by atoms with van der Waals surface area (Å²) in [5.41, 5.74) is 1.88. The highest BCUT2D eigenvalue weighted by molar-refractivity contribution is 7.92. The molecule has 2 aromatic carbocycles. The first-order chi connectivity index (χ1) is 12.8. The van der Waals surface area contributed by atoms with Crippen LogP contribution in [0.2, 0.25) is 0 Å². The molecule has 0 fully saturated rings. The summed E-state index contributed by atoms with van der Waals surface area (Å²) >= 11 is 0. The SMILES string of the molecule is CC(Cc1ccccc1F)C(=O)NC1CCN(S(C)(=O)=O)c2ccccc21. The summed E-state index contributed by atoms with van der Waals surface area (Å²) in [6.07, 6.45) is 1.98. The van der Waals surface area contributed by atoms with E-state index in [9.17, 15) is 17.6 Å². The van der Waals surface area contributed by atoms with Crippen LogP contribution in [0.15, 0.2) is 48.5 Å². The van der Waals surface area contributed by atoms with Crippen LogP contribution in [0.5, 0.6) is 0 Å². The number of fused-ring (bicyclic) bond motifs is 1. The molecule has 0 aliphatic carbocycles. The van der Waals surface area contributed by atoms with Gasteiger partial charge in [0.2, 0.25) is 15.9 Å². The fraction of sp³-hybridized carbons (Fsp3) is 0.350. The molecule has 0 radical (unpaired) electrons. The van der Waals surface area contributed by atoms with Crippen LogP contribution in [0.3, 0.4) is 0 Å². The van der Waals surface area contributed by atoms with Crippen molar-refractivity contribution in [1.29, 1.82) is 0 Å². The van der Waals surface area contributed by atoms with Gasteiger partial charge in [0.1, 0.15) is 5.82 Å². The van der Waals surface area contributed by atoms with E-state index in [0.717, 1.165) is 5.56 Å². The number of halogens is 1. The first-order valence-electron chi connectivity index (χ1n) is 8.88. The first kappa shape index (κ1) is 19.4. The summed E-state index contributed by atoms with van der Waals surface area (Å²) in [6, 6.07) is 13.4. The molecule has 0 bridgehead atoms. The minimum atomic E-state index is -3.37. The molecule has 144 valence electrons. The lowest BCUT2D eigenvalue weighted by Crippen LogP contribution is -2.42. The molecule has 7 heteroatoms. The third-order valence-corrected chi connectivity index (χ3v) is 6.03. The van der Waals surface area contributed by atoms with Gasteiger partial charge in [0.05, 0.1) is 18.0 Å². The van der Waals surface area contributed by atoms with Gasteiger partial charge in [0.25, 0.3) is 0 Å². The normalized spacial score (nSPS) is 17.9. The molecule has 1 amide bonds. The van der Waals surface area contributed by atoms with Crippen LogP contribution in [0, 0.1) is 11.7 Å². The van der Waals surface area contributed by atoms with Gasteiger partial charge in [-0.3, -0.25) is 9.10 Å². The van der Waals surface area contributed by atoms with Crippen LogP contribution in [0.1, 0.15) is 30.5 Å². The number of nitrogens with zero attached hydrogens (tertiary/aromatic N) is 1. The van der Waals surface area contributed by atoms with Gasteiger partial charge in [-0.15, -0.1) is 0 Å². The third kappa shape index (κ3) is 4.30. The Kier molecular flexibility index (Phi) is 5.51. The number of hydrogen-bond donors (Lipinski definition) is 1. The summed E-state index contributed by atoms with van der Waals surface area (Å²) in [5, 5.41) is 3.00. The van der Waals surface area contributed by atoms with E-state index in [2.05, 4.69) is 5.32 Å². The second-order valence-corrected chi connectivity index (χ2v) is 8.85. The average Bonchev–Trinajstić information content (AvgIpc) is 2.62. The number of benzene rings is 2. The lowest BCUT2D eigenvalue weighted by Gasteiger charge is -2.34. The van der Waals surface area contributed by atoms with Gasteiger partial charge in [-0.1, -0.05) is 43.3 Å². The summed E-state index contributed by atoms with van der Waals surface area (Å²) in [7, 11) is -3.37. The maximum Gasteiger partial charge on any atom is 0.232 e. The Morgan fingerprint density at radius 1 is 1.22 bits per heavy atom. The van der Waals surface area contributed by atoms with E-state index in [1.165, 1.54) is 16.6 Å². The van der Waals surface area contributed by atoms with Gasteiger partial charge in [-0.25, -0.2) is 12.8 Å². The van der Waals surface area contributed by atoms with Crippen LogP contribution >= 0.6 is 0 Å². The van der Waals surface area contributed by atoms with E-state index in [4.69, 9.17) is 0 Å². The second kappa shape index (κ2) is 7.68. The van der Waals surface area contributed by atoms with Crippen molar-refractivity contribution in [3.63, 3.8) is 0 Å². The van der Waals surface area contributed by atoms with Crippen molar-refractivity contribution in [3.05, 3.63) is 65.5 Å². The minimum Gasteiger partial charge on any atom is -0.349 e. The summed E-state index contributed by atoms with van der Waals surface area (Å²) < 4.78 is 39.2. The molecule has 2 atom stereocenters. The van der Waals surface area contributed by atoms with Crippen molar-refractivity contribution in [2.45, 2.75) is 25.8 Å². The zero-order valence-electron chi connectivity index (χ0n) is 15.4. The number of anilines is 1. The predicted octanol–water partition coefficient (Wildman–Crippen LogP) is 3.03. The number of hydrogen-bond acceptors (Lipinski definition) is 3. The molecule has 2 unspecified atom stereocenters. The second-order valence-electron chi connectivity index (χ2n) is 6.94. The molecule has 1 aliphatic heterocycles. The van der Waals surface area contributed by atoms with E-state index >= 15 is 0 Å². The van der Waals surface area contributed by atoms with Crippen molar-refractivity contribution in [3.8, 4) is 0 Å². The molecule has 0 spiro atoms. The topological polar surface area (TPSA) is 66.5 Å². The molecule has 3 rings (SSSR count). The van der Waals surface area contributed by atoms with E-state index in [-0.39, 0.29) is 17.8 Å². The zero-order valence-corrected chi connectivity index (χ0v) is 16.2. The van der Waals surface area contributed by atoms with Crippen molar-refractivity contribution in [1.82, 2.24) is 5.32 Å². The Morgan fingerprint density at radius 2 is 1.89 bits per heavy atom. The average molecular weight is 390 g/mol. The van der Waals surface area contributed by atoms with Gasteiger partial charge >= 0.3 is 0 Å². The lowest BCUT2D eigenvalue weighted by atomic mass is 9.95. The highest BCUT2D eigenvalue weighted by atomic mass is 32.2. The van der Waals surface area contributed by atoms with E-state index in [0.29, 0.717) is 30.6 Å². The van der Waals surface area contributed by atoms with Crippen LogP contribution in [0.25, 0.3) is 0 Å². The smallest absolute Gasteiger partial charge is 0.232 e. The van der Waals surface area contributed by atoms with Crippen LogP contribution in [-0.4, -0.2) is 27.1 Å². The van der Waals surface area contributed by atoms with Gasteiger partial charge in [-0.05, 0) is 36.1 Å². The number of amides is 1. The first-order valence-corrected chi connectivity index (χ1v) is 10.7. The number of para-hydroxylation sites is 1. The van der Waals surface area contributed by atoms with Crippen LogP contribution < -0.4 is 9.62 Å². The Hall–Kier alpha value is -2.41. The highest BCUT2D eigenvalue weighted by Crippen LogP contribution is 2.35. The summed E-state index contributed by atoms with van der Waals surface area (Å²) in [5.74, 6) is -0.892. The van der Waals surface area contributed by atoms with Gasteiger partial charge in [0, 0.05) is 12.5 Å². The van der Waals surface area contributed by atoms with Gasteiger partial charge in [-0.2, -0.15) is 0 Å². The fourth-order valence-electron chi connectivity index (χ4n) is 3.43. The van der Waals surface area contributed by atoms with Crippen molar-refractivity contribution in [2.24, 2.45) is 5.92 Å². The third-order valence-electron chi connectivity index (χ3n) is 4.85. The Labute approximate surface area is 159 Å². The molecule has 5 nitrogen and oxygen atoms in total. The van der Waals surface area contributed by atoms with Crippen LogP contribution in [-0.2, 0) is 21.2 Å². The number of rotatable bonds is 5. The molecular weight excluding hydrogens is 367 g/mol. The quantitative estimate of drug-likeness (QED) is 0.853. The predicted molar refractivity (Wildman–Crippen MR) is 103 cm³/mol. The molecule has 1 aliphatic rings. The number of nitrogens with one attached hydrogen (secondary N) is 1. The Morgan fingerprint density at radius 3 is 2.59 bits per heavy atom. The van der Waals surface area contributed by atoms with Gasteiger partial charge < -0.3 is 5.32 Å². The number of carbonyl (C=O) groups is 1. The zero-order chi connectivity index (χ0) is 19.6. The van der Waals surface area contributed by atoms with Crippen molar-refractivity contribution in [2.75, 3.05) is 17.1 Å². The summed E-state index contributed by atoms with van der Waals surface area (Å²) in [6.45, 7) is 2.07. The lowest BCUT2D eigenvalue weighted by molar-refractivity contribution is -0.125. The maximum absolute atomic E-state index is 13.8. The fourth-order valence-corrected chi connectivity index (χ4v) is 4.39. The largest absolute Gasteiger partial charge is 0.349 e. The Bertz CT molecular complexity index is 946. The molecule has 0 saturated carbocycles. The molecule has 0 saturated heterocycles. The van der Waals surface area contributed by atoms with E-state index in [1.807, 2.05) is 12.1 Å². The molecule has 1 heterocycles. The van der Waals surface area contributed by atoms with E-state index < -0.39 is 15.9 Å². The number of carbonyl (C=O) groups excluding carboxylic acids is 1. The molecule has 27 heavy (non-hydrogen) atoms.